The Morgan fingerprint density at radius 1 is 1.29 bits per heavy atom. The van der Waals surface area contributed by atoms with Crippen LogP contribution >= 0.6 is 0 Å². The van der Waals surface area contributed by atoms with E-state index in [-0.39, 0.29) is 17.4 Å². The van der Waals surface area contributed by atoms with E-state index in [1.54, 1.807) is 19.3 Å². The Morgan fingerprint density at radius 2 is 2.10 bits per heavy atom. The summed E-state index contributed by atoms with van der Waals surface area (Å²) in [5.41, 5.74) is 2.58. The van der Waals surface area contributed by atoms with Gasteiger partial charge in [-0.15, -0.1) is 0 Å². The number of aryl methyl sites for hydroxylation is 1. The number of hydrogen-bond donors (Lipinski definition) is 2. The molecule has 1 aromatic heterocycles. The fourth-order valence-corrected chi connectivity index (χ4v) is 2.64. The van der Waals surface area contributed by atoms with Gasteiger partial charge >= 0.3 is 0 Å². The first-order chi connectivity index (χ1) is 10.1. The van der Waals surface area contributed by atoms with E-state index >= 15 is 0 Å². The number of aromatic nitrogens is 1. The molecule has 5 nitrogen and oxygen atoms in total. The van der Waals surface area contributed by atoms with Crippen LogP contribution in [0.1, 0.15) is 17.9 Å². The minimum Gasteiger partial charge on any atom is -0.385 e. The SMILES string of the molecule is Cn1cc(NC(=O)C2CCNc3ccccc32)ccc1=O. The second-order valence-corrected chi connectivity index (χ2v) is 5.21. The Bertz CT molecular complexity index is 736. The highest BCUT2D eigenvalue weighted by Gasteiger charge is 2.26. The molecule has 108 valence electrons. The summed E-state index contributed by atoms with van der Waals surface area (Å²) in [6.45, 7) is 0.780. The molecule has 0 radical (unpaired) electrons. The van der Waals surface area contributed by atoms with Gasteiger partial charge in [0.15, 0.2) is 0 Å². The number of benzene rings is 1. The number of amides is 1. The lowest BCUT2D eigenvalue weighted by Crippen LogP contribution is -2.28. The highest BCUT2D eigenvalue weighted by atomic mass is 16.2. The van der Waals surface area contributed by atoms with Gasteiger partial charge in [-0.1, -0.05) is 18.2 Å². The molecular formula is C16H17N3O2. The second kappa shape index (κ2) is 5.44. The van der Waals surface area contributed by atoms with Gasteiger partial charge in [0.2, 0.25) is 11.5 Å². The van der Waals surface area contributed by atoms with Crippen LogP contribution in [0.4, 0.5) is 11.4 Å². The van der Waals surface area contributed by atoms with E-state index in [4.69, 9.17) is 0 Å². The van der Waals surface area contributed by atoms with Crippen molar-refractivity contribution in [3.05, 3.63) is 58.5 Å². The van der Waals surface area contributed by atoms with Crippen molar-refractivity contribution in [3.8, 4) is 0 Å². The molecule has 0 saturated carbocycles. The van der Waals surface area contributed by atoms with Crippen LogP contribution in [0.2, 0.25) is 0 Å². The van der Waals surface area contributed by atoms with E-state index < -0.39 is 0 Å². The lowest BCUT2D eigenvalue weighted by Gasteiger charge is -2.25. The summed E-state index contributed by atoms with van der Waals surface area (Å²) in [4.78, 5) is 23.9. The van der Waals surface area contributed by atoms with Crippen LogP contribution in [0.5, 0.6) is 0 Å². The molecule has 1 aliphatic rings. The minimum absolute atomic E-state index is 0.0393. The number of nitrogens with zero attached hydrogens (tertiary/aromatic N) is 1. The Balaban J connectivity index is 1.83. The predicted octanol–water partition coefficient (Wildman–Crippen LogP) is 1.92. The molecule has 0 bridgehead atoms. The molecule has 0 saturated heterocycles. The monoisotopic (exact) mass is 283 g/mol. The van der Waals surface area contributed by atoms with Crippen LogP contribution in [0, 0.1) is 0 Å². The largest absolute Gasteiger partial charge is 0.385 e. The quantitative estimate of drug-likeness (QED) is 0.885. The standard InChI is InChI=1S/C16H17N3O2/c1-19-10-11(6-7-15(19)20)18-16(21)13-8-9-17-14-5-3-2-4-12(13)14/h2-7,10,13,17H,8-9H2,1H3,(H,18,21). The topological polar surface area (TPSA) is 63.1 Å². The maximum atomic E-state index is 12.5. The first-order valence-corrected chi connectivity index (χ1v) is 6.95. The summed E-state index contributed by atoms with van der Waals surface area (Å²) >= 11 is 0. The Labute approximate surface area is 122 Å². The number of carbonyl (C=O) groups excluding carboxylic acids is 1. The highest BCUT2D eigenvalue weighted by Crippen LogP contribution is 2.32. The van der Waals surface area contributed by atoms with E-state index in [1.165, 1.54) is 10.6 Å². The smallest absolute Gasteiger partial charge is 0.250 e. The van der Waals surface area contributed by atoms with Gasteiger partial charge in [0.25, 0.3) is 0 Å². The lowest BCUT2D eigenvalue weighted by atomic mass is 9.90. The molecule has 2 aromatic rings. The van der Waals surface area contributed by atoms with Crippen molar-refractivity contribution < 1.29 is 4.79 Å². The fraction of sp³-hybridized carbons (Fsp3) is 0.250. The Kier molecular flexibility index (Phi) is 3.48. The average molecular weight is 283 g/mol. The number of nitrogens with one attached hydrogen (secondary N) is 2. The van der Waals surface area contributed by atoms with Crippen molar-refractivity contribution in [1.82, 2.24) is 4.57 Å². The van der Waals surface area contributed by atoms with E-state index in [1.807, 2.05) is 24.3 Å². The molecule has 0 aliphatic carbocycles. The van der Waals surface area contributed by atoms with E-state index in [2.05, 4.69) is 10.6 Å². The third kappa shape index (κ3) is 2.67. The van der Waals surface area contributed by atoms with Crippen molar-refractivity contribution in [3.63, 3.8) is 0 Å². The third-order valence-electron chi connectivity index (χ3n) is 3.75. The van der Waals surface area contributed by atoms with Crippen LogP contribution in [0.25, 0.3) is 0 Å². The highest BCUT2D eigenvalue weighted by molar-refractivity contribution is 5.97. The van der Waals surface area contributed by atoms with Gasteiger partial charge in [-0.05, 0) is 24.1 Å². The van der Waals surface area contributed by atoms with E-state index in [0.717, 1.165) is 24.2 Å². The molecule has 1 atom stereocenters. The second-order valence-electron chi connectivity index (χ2n) is 5.21. The number of fused-ring (bicyclic) bond motifs is 1. The van der Waals surface area contributed by atoms with Crippen molar-refractivity contribution >= 4 is 17.3 Å². The zero-order chi connectivity index (χ0) is 14.8. The third-order valence-corrected chi connectivity index (χ3v) is 3.75. The molecular weight excluding hydrogens is 266 g/mol. The van der Waals surface area contributed by atoms with Gasteiger partial charge < -0.3 is 15.2 Å². The zero-order valence-corrected chi connectivity index (χ0v) is 11.8. The van der Waals surface area contributed by atoms with Crippen LogP contribution < -0.4 is 16.2 Å². The van der Waals surface area contributed by atoms with Crippen LogP contribution in [0.3, 0.4) is 0 Å². The first kappa shape index (κ1) is 13.4. The van der Waals surface area contributed by atoms with Gasteiger partial charge in [0.05, 0.1) is 11.6 Å². The van der Waals surface area contributed by atoms with Crippen LogP contribution in [-0.4, -0.2) is 17.0 Å². The number of para-hydroxylation sites is 1. The Morgan fingerprint density at radius 3 is 2.90 bits per heavy atom. The number of hydrogen-bond acceptors (Lipinski definition) is 3. The fourth-order valence-electron chi connectivity index (χ4n) is 2.64. The van der Waals surface area contributed by atoms with Crippen LogP contribution in [0.15, 0.2) is 47.4 Å². The van der Waals surface area contributed by atoms with Gasteiger partial charge in [0, 0.05) is 31.5 Å². The molecule has 1 amide bonds. The Hall–Kier alpha value is -2.56. The van der Waals surface area contributed by atoms with Crippen molar-refractivity contribution in [2.45, 2.75) is 12.3 Å². The van der Waals surface area contributed by atoms with Crippen LogP contribution in [-0.2, 0) is 11.8 Å². The van der Waals surface area contributed by atoms with Crippen molar-refractivity contribution in [1.29, 1.82) is 0 Å². The number of pyridine rings is 1. The van der Waals surface area contributed by atoms with Gasteiger partial charge in [-0.3, -0.25) is 9.59 Å². The molecule has 1 aliphatic heterocycles. The van der Waals surface area contributed by atoms with E-state index in [0.29, 0.717) is 5.69 Å². The lowest BCUT2D eigenvalue weighted by molar-refractivity contribution is -0.117. The van der Waals surface area contributed by atoms with Gasteiger partial charge in [-0.25, -0.2) is 0 Å². The van der Waals surface area contributed by atoms with Crippen molar-refractivity contribution in [2.24, 2.45) is 7.05 Å². The summed E-state index contributed by atoms with van der Waals surface area (Å²) in [6.07, 6.45) is 2.39. The molecule has 2 heterocycles. The average Bonchev–Trinajstić information content (AvgIpc) is 2.50. The molecule has 1 unspecified atom stereocenters. The van der Waals surface area contributed by atoms with Gasteiger partial charge in [0.1, 0.15) is 0 Å². The maximum Gasteiger partial charge on any atom is 0.250 e. The molecule has 21 heavy (non-hydrogen) atoms. The molecule has 2 N–H and O–H groups in total. The number of rotatable bonds is 2. The first-order valence-electron chi connectivity index (χ1n) is 6.95. The molecule has 5 heteroatoms. The number of carbonyl (C=O) groups is 1. The zero-order valence-electron chi connectivity index (χ0n) is 11.8. The summed E-state index contributed by atoms with van der Waals surface area (Å²) in [6, 6.07) is 10.9. The summed E-state index contributed by atoms with van der Waals surface area (Å²) in [7, 11) is 1.66. The summed E-state index contributed by atoms with van der Waals surface area (Å²) < 4.78 is 1.45. The summed E-state index contributed by atoms with van der Waals surface area (Å²) in [5, 5.41) is 6.20. The maximum absolute atomic E-state index is 12.5. The molecule has 3 rings (SSSR count). The van der Waals surface area contributed by atoms with E-state index in [9.17, 15) is 9.59 Å². The predicted molar refractivity (Wildman–Crippen MR) is 82.6 cm³/mol. The van der Waals surface area contributed by atoms with Gasteiger partial charge in [-0.2, -0.15) is 0 Å². The molecule has 0 spiro atoms. The normalized spacial score (nSPS) is 16.7. The summed E-state index contributed by atoms with van der Waals surface area (Å²) in [5.74, 6) is -0.206. The minimum atomic E-state index is -0.167. The van der Waals surface area contributed by atoms with Crippen molar-refractivity contribution in [2.75, 3.05) is 17.2 Å². The molecule has 0 fully saturated rings. The number of anilines is 2. The molecule has 1 aromatic carbocycles.